The van der Waals surface area contributed by atoms with Crippen molar-refractivity contribution in [3.8, 4) is 17.2 Å². The molecule has 1 saturated heterocycles. The van der Waals surface area contributed by atoms with Gasteiger partial charge in [-0.25, -0.2) is 4.79 Å². The van der Waals surface area contributed by atoms with E-state index in [0.29, 0.717) is 22.9 Å². The Morgan fingerprint density at radius 2 is 1.60 bits per heavy atom. The lowest BCUT2D eigenvalue weighted by Crippen LogP contribution is -2.46. The SMILES string of the molecule is COc1ccc(C(C)(C)C)cc1NC(=O)CN1C(=O)N[C@@](C)(Cc2ccc(OC)c(OC)c2)C1=O. The quantitative estimate of drug-likeness (QED) is 0.557. The van der Waals surface area contributed by atoms with Gasteiger partial charge in [-0.05, 0) is 47.7 Å². The van der Waals surface area contributed by atoms with Crippen LogP contribution in [0.3, 0.4) is 0 Å². The summed E-state index contributed by atoms with van der Waals surface area (Å²) >= 11 is 0. The predicted molar refractivity (Wildman–Crippen MR) is 132 cm³/mol. The summed E-state index contributed by atoms with van der Waals surface area (Å²) in [5, 5.41) is 5.50. The number of carbonyl (C=O) groups is 3. The second kappa shape index (κ2) is 9.85. The monoisotopic (exact) mass is 483 g/mol. The molecule has 9 nitrogen and oxygen atoms in total. The highest BCUT2D eigenvalue weighted by molar-refractivity contribution is 6.10. The molecule has 1 aliphatic heterocycles. The minimum atomic E-state index is -1.21. The maximum absolute atomic E-state index is 13.2. The van der Waals surface area contributed by atoms with Gasteiger partial charge in [-0.1, -0.05) is 32.9 Å². The Morgan fingerprint density at radius 3 is 2.20 bits per heavy atom. The number of ether oxygens (including phenoxy) is 3. The molecule has 1 atom stereocenters. The number of rotatable bonds is 8. The van der Waals surface area contributed by atoms with Crippen LogP contribution in [0.4, 0.5) is 10.5 Å². The van der Waals surface area contributed by atoms with E-state index < -0.39 is 29.9 Å². The van der Waals surface area contributed by atoms with E-state index in [1.807, 2.05) is 12.1 Å². The number of urea groups is 1. The summed E-state index contributed by atoms with van der Waals surface area (Å²) in [5.41, 5.74) is 0.911. The van der Waals surface area contributed by atoms with Gasteiger partial charge in [-0.3, -0.25) is 14.5 Å². The van der Waals surface area contributed by atoms with Crippen LogP contribution in [0.1, 0.15) is 38.8 Å². The number of benzene rings is 2. The smallest absolute Gasteiger partial charge is 0.325 e. The molecule has 35 heavy (non-hydrogen) atoms. The van der Waals surface area contributed by atoms with Crippen molar-refractivity contribution in [3.05, 3.63) is 47.5 Å². The molecule has 2 aromatic rings. The van der Waals surface area contributed by atoms with Gasteiger partial charge in [0.2, 0.25) is 5.91 Å². The molecule has 2 N–H and O–H groups in total. The van der Waals surface area contributed by atoms with E-state index in [1.54, 1.807) is 31.2 Å². The van der Waals surface area contributed by atoms with Crippen molar-refractivity contribution in [3.63, 3.8) is 0 Å². The van der Waals surface area contributed by atoms with Crippen LogP contribution in [0.15, 0.2) is 36.4 Å². The van der Waals surface area contributed by atoms with E-state index in [9.17, 15) is 14.4 Å². The number of hydrogen-bond acceptors (Lipinski definition) is 6. The number of imide groups is 1. The maximum atomic E-state index is 13.2. The molecular formula is C26H33N3O6. The third kappa shape index (κ3) is 5.50. The number of nitrogens with zero attached hydrogens (tertiary/aromatic N) is 1. The van der Waals surface area contributed by atoms with Crippen LogP contribution < -0.4 is 24.8 Å². The maximum Gasteiger partial charge on any atom is 0.325 e. The Bertz CT molecular complexity index is 1140. The molecule has 0 aliphatic carbocycles. The largest absolute Gasteiger partial charge is 0.495 e. The first-order valence-electron chi connectivity index (χ1n) is 11.2. The normalized spacial score (nSPS) is 17.7. The molecule has 0 saturated carbocycles. The van der Waals surface area contributed by atoms with Crippen LogP contribution in [-0.4, -0.2) is 56.2 Å². The summed E-state index contributed by atoms with van der Waals surface area (Å²) in [6, 6.07) is 10.2. The van der Waals surface area contributed by atoms with E-state index in [0.717, 1.165) is 16.0 Å². The summed E-state index contributed by atoms with van der Waals surface area (Å²) in [5.74, 6) is 0.582. The van der Waals surface area contributed by atoms with Crippen molar-refractivity contribution in [1.29, 1.82) is 0 Å². The Labute approximate surface area is 205 Å². The molecule has 0 aromatic heterocycles. The number of amides is 4. The molecule has 0 radical (unpaired) electrons. The van der Waals surface area contributed by atoms with E-state index in [-0.39, 0.29) is 11.8 Å². The average Bonchev–Trinajstić information content (AvgIpc) is 3.00. The lowest BCUT2D eigenvalue weighted by Gasteiger charge is -2.23. The first-order chi connectivity index (χ1) is 16.4. The Balaban J connectivity index is 1.75. The molecule has 3 rings (SSSR count). The highest BCUT2D eigenvalue weighted by Gasteiger charge is 2.48. The fourth-order valence-corrected chi connectivity index (χ4v) is 4.01. The number of hydrogen-bond donors (Lipinski definition) is 2. The summed E-state index contributed by atoms with van der Waals surface area (Å²) in [4.78, 5) is 39.6. The van der Waals surface area contributed by atoms with Crippen molar-refractivity contribution in [2.45, 2.75) is 45.1 Å². The number of methoxy groups -OCH3 is 3. The minimum Gasteiger partial charge on any atom is -0.495 e. The van der Waals surface area contributed by atoms with Crippen molar-refractivity contribution in [2.75, 3.05) is 33.2 Å². The summed E-state index contributed by atoms with van der Waals surface area (Å²) in [7, 11) is 4.58. The molecule has 2 aromatic carbocycles. The third-order valence-electron chi connectivity index (χ3n) is 5.99. The van der Waals surface area contributed by atoms with Crippen LogP contribution in [0.2, 0.25) is 0 Å². The molecular weight excluding hydrogens is 450 g/mol. The zero-order valence-electron chi connectivity index (χ0n) is 21.3. The zero-order chi connectivity index (χ0) is 26.0. The van der Waals surface area contributed by atoms with Gasteiger partial charge < -0.3 is 24.8 Å². The van der Waals surface area contributed by atoms with Crippen LogP contribution in [0.5, 0.6) is 17.2 Å². The molecule has 188 valence electrons. The Morgan fingerprint density at radius 1 is 0.971 bits per heavy atom. The van der Waals surface area contributed by atoms with Gasteiger partial charge in [-0.2, -0.15) is 0 Å². The number of anilines is 1. The molecule has 0 spiro atoms. The lowest BCUT2D eigenvalue weighted by molar-refractivity contribution is -0.133. The second-order valence-corrected chi connectivity index (χ2v) is 9.73. The van der Waals surface area contributed by atoms with Crippen LogP contribution in [0, 0.1) is 0 Å². The number of nitrogens with one attached hydrogen (secondary N) is 2. The Kier molecular flexibility index (Phi) is 7.28. The van der Waals surface area contributed by atoms with E-state index in [1.165, 1.54) is 21.3 Å². The molecule has 0 unspecified atom stereocenters. The second-order valence-electron chi connectivity index (χ2n) is 9.73. The summed E-state index contributed by atoms with van der Waals surface area (Å²) in [6.45, 7) is 7.40. The van der Waals surface area contributed by atoms with Gasteiger partial charge in [0.25, 0.3) is 5.91 Å². The van der Waals surface area contributed by atoms with E-state index in [2.05, 4.69) is 31.4 Å². The highest BCUT2D eigenvalue weighted by Crippen LogP contribution is 2.32. The first kappa shape index (κ1) is 25.9. The molecule has 1 aliphatic rings. The molecule has 1 fully saturated rings. The average molecular weight is 484 g/mol. The zero-order valence-corrected chi connectivity index (χ0v) is 21.3. The fourth-order valence-electron chi connectivity index (χ4n) is 4.01. The van der Waals surface area contributed by atoms with Gasteiger partial charge in [0.15, 0.2) is 11.5 Å². The molecule has 9 heteroatoms. The standard InChI is InChI=1S/C26H33N3O6/c1-25(2,3)17-9-11-19(33-5)18(13-17)27-22(30)15-29-23(31)26(4,28-24(29)32)14-16-8-10-20(34-6)21(12-16)35-7/h8-13H,14-15H2,1-7H3,(H,27,30)(H,28,32)/t26-/m0/s1. The van der Waals surface area contributed by atoms with Gasteiger partial charge in [-0.15, -0.1) is 0 Å². The van der Waals surface area contributed by atoms with E-state index in [4.69, 9.17) is 14.2 Å². The molecule has 4 amide bonds. The van der Waals surface area contributed by atoms with Crippen molar-refractivity contribution < 1.29 is 28.6 Å². The predicted octanol–water partition coefficient (Wildman–Crippen LogP) is 3.50. The third-order valence-corrected chi connectivity index (χ3v) is 5.99. The van der Waals surface area contributed by atoms with Crippen LogP contribution in [-0.2, 0) is 21.4 Å². The topological polar surface area (TPSA) is 106 Å². The van der Waals surface area contributed by atoms with Crippen LogP contribution in [0.25, 0.3) is 0 Å². The summed E-state index contributed by atoms with van der Waals surface area (Å²) < 4.78 is 16.0. The van der Waals surface area contributed by atoms with E-state index >= 15 is 0 Å². The fraction of sp³-hybridized carbons (Fsp3) is 0.423. The van der Waals surface area contributed by atoms with Crippen LogP contribution >= 0.6 is 0 Å². The van der Waals surface area contributed by atoms with Crippen molar-refractivity contribution in [2.24, 2.45) is 0 Å². The molecule has 1 heterocycles. The van der Waals surface area contributed by atoms with Gasteiger partial charge in [0.05, 0.1) is 27.0 Å². The van der Waals surface area contributed by atoms with Gasteiger partial charge in [0, 0.05) is 6.42 Å². The molecule has 0 bridgehead atoms. The Hall–Kier alpha value is -3.75. The van der Waals surface area contributed by atoms with Gasteiger partial charge in [0.1, 0.15) is 17.8 Å². The van der Waals surface area contributed by atoms with Crippen molar-refractivity contribution in [1.82, 2.24) is 10.2 Å². The van der Waals surface area contributed by atoms with Crippen molar-refractivity contribution >= 4 is 23.5 Å². The number of carbonyl (C=O) groups excluding carboxylic acids is 3. The summed E-state index contributed by atoms with van der Waals surface area (Å²) in [6.07, 6.45) is 0.220. The van der Waals surface area contributed by atoms with Gasteiger partial charge >= 0.3 is 6.03 Å². The highest BCUT2D eigenvalue weighted by atomic mass is 16.5. The minimum absolute atomic E-state index is 0.136. The lowest BCUT2D eigenvalue weighted by atomic mass is 9.87. The first-order valence-corrected chi connectivity index (χ1v) is 11.2.